The van der Waals surface area contributed by atoms with Crippen LogP contribution >= 0.6 is 0 Å². The minimum absolute atomic E-state index is 0.428. The Bertz CT molecular complexity index is 105. The molecule has 0 aromatic rings. The van der Waals surface area contributed by atoms with E-state index in [1.807, 2.05) is 0 Å². The molecule has 0 saturated heterocycles. The molecule has 0 radical (unpaired) electrons. The third kappa shape index (κ3) is 2.43. The Hall–Kier alpha value is -0.610. The van der Waals surface area contributed by atoms with Crippen LogP contribution in [0.3, 0.4) is 0 Å². The van der Waals surface area contributed by atoms with Crippen molar-refractivity contribution in [3.8, 4) is 0 Å². The smallest absolute Gasteiger partial charge is 0.322 e. The Labute approximate surface area is 53.8 Å². The second kappa shape index (κ2) is 3.42. The van der Waals surface area contributed by atoms with E-state index in [0.29, 0.717) is 6.42 Å². The van der Waals surface area contributed by atoms with Gasteiger partial charge in [0.05, 0.1) is 0 Å². The Morgan fingerprint density at radius 2 is 2.11 bits per heavy atom. The van der Waals surface area contributed by atoms with Gasteiger partial charge in [-0.1, -0.05) is 6.92 Å². The van der Waals surface area contributed by atoms with Crippen LogP contribution in [0, 0.1) is 0 Å². The first-order chi connectivity index (χ1) is 4.09. The Morgan fingerprint density at radius 3 is 2.22 bits per heavy atom. The van der Waals surface area contributed by atoms with E-state index in [4.69, 9.17) is 16.6 Å². The number of nitrogens with two attached hydrogens (primary N) is 2. The first-order valence-electron chi connectivity index (χ1n) is 2.83. The summed E-state index contributed by atoms with van der Waals surface area (Å²) in [4.78, 5) is 10.1. The standard InChI is InChI=1S/C5H12N2O2/c1-2-3(6)4(7)5(8)9/h3-4H,2,6-7H2,1H3,(H,8,9)/t3?,4-/m1/s1. The number of hydrogen-bond acceptors (Lipinski definition) is 3. The van der Waals surface area contributed by atoms with Gasteiger partial charge in [0.2, 0.25) is 0 Å². The molecular weight excluding hydrogens is 120 g/mol. The molecule has 0 fully saturated rings. The highest BCUT2D eigenvalue weighted by atomic mass is 16.4. The van der Waals surface area contributed by atoms with Crippen molar-refractivity contribution in [2.24, 2.45) is 11.5 Å². The van der Waals surface area contributed by atoms with Crippen LogP contribution in [0.1, 0.15) is 13.3 Å². The second-order valence-corrected chi connectivity index (χ2v) is 1.94. The average Bonchev–Trinajstić information content (AvgIpc) is 1.84. The van der Waals surface area contributed by atoms with Gasteiger partial charge in [0.25, 0.3) is 0 Å². The first kappa shape index (κ1) is 8.39. The van der Waals surface area contributed by atoms with Crippen LogP contribution < -0.4 is 11.5 Å². The lowest BCUT2D eigenvalue weighted by Gasteiger charge is -2.12. The summed E-state index contributed by atoms with van der Waals surface area (Å²) in [6.45, 7) is 1.80. The highest BCUT2D eigenvalue weighted by Gasteiger charge is 2.17. The maximum atomic E-state index is 10.1. The van der Waals surface area contributed by atoms with E-state index in [1.165, 1.54) is 0 Å². The second-order valence-electron chi connectivity index (χ2n) is 1.94. The van der Waals surface area contributed by atoms with Crippen LogP contribution in [0.5, 0.6) is 0 Å². The molecule has 2 atom stereocenters. The van der Waals surface area contributed by atoms with Gasteiger partial charge in [-0.2, -0.15) is 0 Å². The zero-order chi connectivity index (χ0) is 7.44. The van der Waals surface area contributed by atoms with E-state index < -0.39 is 18.1 Å². The predicted octanol–water partition coefficient (Wildman–Crippen LogP) is -0.864. The number of carbonyl (C=O) groups is 1. The van der Waals surface area contributed by atoms with Crippen molar-refractivity contribution in [1.82, 2.24) is 0 Å². The van der Waals surface area contributed by atoms with E-state index in [2.05, 4.69) is 0 Å². The van der Waals surface area contributed by atoms with Gasteiger partial charge in [-0.05, 0) is 6.42 Å². The largest absolute Gasteiger partial charge is 0.480 e. The summed E-state index contributed by atoms with van der Waals surface area (Å²) in [6.07, 6.45) is 0.591. The van der Waals surface area contributed by atoms with Gasteiger partial charge in [-0.3, -0.25) is 4.79 Å². The molecule has 0 spiro atoms. The lowest BCUT2D eigenvalue weighted by atomic mass is 10.1. The molecule has 0 aromatic heterocycles. The molecule has 1 unspecified atom stereocenters. The molecule has 0 amide bonds. The van der Waals surface area contributed by atoms with E-state index in [-0.39, 0.29) is 0 Å². The fraction of sp³-hybridized carbons (Fsp3) is 0.800. The quantitative estimate of drug-likeness (QED) is 0.466. The van der Waals surface area contributed by atoms with Crippen molar-refractivity contribution in [1.29, 1.82) is 0 Å². The van der Waals surface area contributed by atoms with Gasteiger partial charge in [-0.15, -0.1) is 0 Å². The summed E-state index contributed by atoms with van der Waals surface area (Å²) >= 11 is 0. The molecule has 0 aliphatic rings. The maximum absolute atomic E-state index is 10.1. The molecule has 0 heterocycles. The summed E-state index contributed by atoms with van der Waals surface area (Å²) in [7, 11) is 0. The molecule has 0 aliphatic heterocycles. The normalized spacial score (nSPS) is 16.8. The number of carboxylic acid groups (broad SMARTS) is 1. The molecule has 5 N–H and O–H groups in total. The third-order valence-corrected chi connectivity index (χ3v) is 1.22. The average molecular weight is 132 g/mol. The van der Waals surface area contributed by atoms with Gasteiger partial charge in [0, 0.05) is 6.04 Å². The van der Waals surface area contributed by atoms with Crippen molar-refractivity contribution in [2.75, 3.05) is 0 Å². The molecule has 54 valence electrons. The molecule has 0 aliphatic carbocycles. The van der Waals surface area contributed by atoms with Crippen LogP contribution in [0.15, 0.2) is 0 Å². The highest BCUT2D eigenvalue weighted by molar-refractivity contribution is 5.74. The van der Waals surface area contributed by atoms with Crippen LogP contribution in [-0.4, -0.2) is 23.2 Å². The van der Waals surface area contributed by atoms with Gasteiger partial charge >= 0.3 is 5.97 Å². The third-order valence-electron chi connectivity index (χ3n) is 1.22. The van der Waals surface area contributed by atoms with Gasteiger partial charge in [-0.25, -0.2) is 0 Å². The number of carboxylic acids is 1. The van der Waals surface area contributed by atoms with Crippen molar-refractivity contribution in [2.45, 2.75) is 25.4 Å². The van der Waals surface area contributed by atoms with E-state index in [9.17, 15) is 4.79 Å². The van der Waals surface area contributed by atoms with Gasteiger partial charge < -0.3 is 16.6 Å². The van der Waals surface area contributed by atoms with E-state index >= 15 is 0 Å². The van der Waals surface area contributed by atoms with Crippen molar-refractivity contribution in [3.63, 3.8) is 0 Å². The number of rotatable bonds is 3. The molecule has 0 bridgehead atoms. The monoisotopic (exact) mass is 132 g/mol. The molecule has 9 heavy (non-hydrogen) atoms. The number of hydrogen-bond donors (Lipinski definition) is 3. The van der Waals surface area contributed by atoms with Gasteiger partial charge in [0.15, 0.2) is 0 Å². The minimum atomic E-state index is -1.04. The predicted molar refractivity (Wildman–Crippen MR) is 33.9 cm³/mol. The van der Waals surface area contributed by atoms with E-state index in [0.717, 1.165) is 0 Å². The molecule has 0 aromatic carbocycles. The van der Waals surface area contributed by atoms with Crippen LogP contribution in [0.25, 0.3) is 0 Å². The van der Waals surface area contributed by atoms with Crippen LogP contribution in [-0.2, 0) is 4.79 Å². The van der Waals surface area contributed by atoms with Gasteiger partial charge in [0.1, 0.15) is 6.04 Å². The zero-order valence-electron chi connectivity index (χ0n) is 5.37. The summed E-state index contributed by atoms with van der Waals surface area (Å²) in [5.74, 6) is -1.04. The summed E-state index contributed by atoms with van der Waals surface area (Å²) in [6, 6.07) is -1.35. The summed E-state index contributed by atoms with van der Waals surface area (Å²) in [5, 5.41) is 8.28. The molecular formula is C5H12N2O2. The van der Waals surface area contributed by atoms with Crippen LogP contribution in [0.4, 0.5) is 0 Å². The van der Waals surface area contributed by atoms with Crippen LogP contribution in [0.2, 0.25) is 0 Å². The Kier molecular flexibility index (Phi) is 3.19. The van der Waals surface area contributed by atoms with Crippen molar-refractivity contribution in [3.05, 3.63) is 0 Å². The fourth-order valence-electron chi connectivity index (χ4n) is 0.437. The van der Waals surface area contributed by atoms with Crippen molar-refractivity contribution >= 4 is 5.97 Å². The molecule has 4 nitrogen and oxygen atoms in total. The topological polar surface area (TPSA) is 89.3 Å². The minimum Gasteiger partial charge on any atom is -0.480 e. The Morgan fingerprint density at radius 1 is 1.67 bits per heavy atom. The summed E-state index contributed by atoms with van der Waals surface area (Å²) < 4.78 is 0. The lowest BCUT2D eigenvalue weighted by molar-refractivity contribution is -0.139. The fourth-order valence-corrected chi connectivity index (χ4v) is 0.437. The Balaban J connectivity index is 3.72. The molecule has 0 saturated carbocycles. The summed E-state index contributed by atoms with van der Waals surface area (Å²) in [5.41, 5.74) is 10.5. The van der Waals surface area contributed by atoms with Crippen molar-refractivity contribution < 1.29 is 9.90 Å². The highest BCUT2D eigenvalue weighted by Crippen LogP contribution is 1.90. The lowest BCUT2D eigenvalue weighted by Crippen LogP contribution is -2.46. The maximum Gasteiger partial charge on any atom is 0.322 e. The number of aliphatic carboxylic acids is 1. The van der Waals surface area contributed by atoms with E-state index in [1.54, 1.807) is 6.92 Å². The molecule has 4 heteroatoms. The first-order valence-corrected chi connectivity index (χ1v) is 2.83. The molecule has 0 rings (SSSR count). The zero-order valence-corrected chi connectivity index (χ0v) is 5.37. The SMILES string of the molecule is CCC(N)[C@@H](N)C(=O)O.